The van der Waals surface area contributed by atoms with Crippen LogP contribution in [0.4, 0.5) is 11.4 Å². The smallest absolute Gasteiger partial charge is 0.238 e. The first-order chi connectivity index (χ1) is 15.5. The minimum atomic E-state index is -0.228. The second-order valence-corrected chi connectivity index (χ2v) is 7.95. The van der Waals surface area contributed by atoms with Crippen molar-refractivity contribution < 1.29 is 19.1 Å². The molecule has 0 radical (unpaired) electrons. The van der Waals surface area contributed by atoms with E-state index in [1.165, 1.54) is 0 Å². The molecule has 0 spiro atoms. The van der Waals surface area contributed by atoms with Crippen molar-refractivity contribution >= 4 is 35.0 Å². The molecule has 0 bridgehead atoms. The van der Waals surface area contributed by atoms with Gasteiger partial charge in [-0.05, 0) is 45.2 Å². The molecule has 0 atom stereocenters. The lowest BCUT2D eigenvalue weighted by Crippen LogP contribution is -2.36. The second-order valence-electron chi connectivity index (χ2n) is 6.89. The van der Waals surface area contributed by atoms with Crippen LogP contribution in [-0.2, 0) is 9.59 Å². The van der Waals surface area contributed by atoms with Gasteiger partial charge < -0.3 is 20.1 Å². The van der Waals surface area contributed by atoms with Crippen molar-refractivity contribution in [2.45, 2.75) is 18.7 Å². The Morgan fingerprint density at radius 3 is 2.34 bits per heavy atom. The van der Waals surface area contributed by atoms with Crippen molar-refractivity contribution in [3.63, 3.8) is 0 Å². The summed E-state index contributed by atoms with van der Waals surface area (Å²) in [6.45, 7) is 8.68. The molecule has 7 nitrogen and oxygen atoms in total. The van der Waals surface area contributed by atoms with E-state index >= 15 is 0 Å². The molecule has 32 heavy (non-hydrogen) atoms. The zero-order chi connectivity index (χ0) is 23.3. The van der Waals surface area contributed by atoms with Gasteiger partial charge in [0, 0.05) is 22.4 Å². The SMILES string of the molecule is C=CCSc1ccccc1NC(=O)CN(C)CC(=O)Nc1ccc(OCC)c(OCC)c1. The molecule has 2 aromatic rings. The Balaban J connectivity index is 1.89. The molecule has 0 saturated heterocycles. The van der Waals surface area contributed by atoms with E-state index in [9.17, 15) is 9.59 Å². The van der Waals surface area contributed by atoms with E-state index in [0.717, 1.165) is 16.3 Å². The van der Waals surface area contributed by atoms with Crippen LogP contribution in [-0.4, -0.2) is 55.8 Å². The van der Waals surface area contributed by atoms with E-state index in [0.29, 0.717) is 30.4 Å². The highest BCUT2D eigenvalue weighted by Crippen LogP contribution is 2.30. The molecule has 2 amide bonds. The summed E-state index contributed by atoms with van der Waals surface area (Å²) in [5.74, 6) is 1.55. The number of rotatable bonds is 13. The number of hydrogen-bond acceptors (Lipinski definition) is 6. The summed E-state index contributed by atoms with van der Waals surface area (Å²) in [5.41, 5.74) is 1.35. The molecule has 0 heterocycles. The van der Waals surface area contributed by atoms with E-state index in [1.807, 2.05) is 44.2 Å². The van der Waals surface area contributed by atoms with E-state index in [-0.39, 0.29) is 24.9 Å². The number of thioether (sulfide) groups is 1. The first-order valence-corrected chi connectivity index (χ1v) is 11.5. The van der Waals surface area contributed by atoms with Gasteiger partial charge in [0.1, 0.15) is 0 Å². The molecule has 2 N–H and O–H groups in total. The summed E-state index contributed by atoms with van der Waals surface area (Å²) in [5, 5.41) is 5.75. The third kappa shape index (κ3) is 8.28. The second kappa shape index (κ2) is 13.4. The number of benzene rings is 2. The molecule has 0 aliphatic rings. The fourth-order valence-corrected chi connectivity index (χ4v) is 3.66. The number of carbonyl (C=O) groups is 2. The van der Waals surface area contributed by atoms with Gasteiger partial charge in [-0.3, -0.25) is 14.5 Å². The Bertz CT molecular complexity index is 920. The molecule has 0 aromatic heterocycles. The lowest BCUT2D eigenvalue weighted by Gasteiger charge is -2.17. The topological polar surface area (TPSA) is 79.9 Å². The first-order valence-electron chi connectivity index (χ1n) is 10.5. The van der Waals surface area contributed by atoms with E-state index < -0.39 is 0 Å². The molecular formula is C24H31N3O4S. The number of nitrogens with one attached hydrogen (secondary N) is 2. The Hall–Kier alpha value is -2.97. The monoisotopic (exact) mass is 457 g/mol. The Kier molecular flexibility index (Phi) is 10.6. The van der Waals surface area contributed by atoms with Gasteiger partial charge in [-0.2, -0.15) is 0 Å². The first kappa shape index (κ1) is 25.3. The highest BCUT2D eigenvalue weighted by Gasteiger charge is 2.14. The minimum Gasteiger partial charge on any atom is -0.490 e. The van der Waals surface area contributed by atoms with Crippen LogP contribution in [0.2, 0.25) is 0 Å². The van der Waals surface area contributed by atoms with Gasteiger partial charge in [-0.25, -0.2) is 0 Å². The Morgan fingerprint density at radius 1 is 1.00 bits per heavy atom. The van der Waals surface area contributed by atoms with Crippen molar-refractivity contribution in [3.05, 3.63) is 55.1 Å². The maximum Gasteiger partial charge on any atom is 0.238 e. The van der Waals surface area contributed by atoms with E-state index in [2.05, 4.69) is 17.2 Å². The van der Waals surface area contributed by atoms with Crippen molar-refractivity contribution in [3.8, 4) is 11.5 Å². The molecule has 172 valence electrons. The maximum atomic E-state index is 12.5. The van der Waals surface area contributed by atoms with Gasteiger partial charge in [0.05, 0.1) is 32.0 Å². The zero-order valence-corrected chi connectivity index (χ0v) is 19.7. The number of hydrogen-bond donors (Lipinski definition) is 2. The third-order valence-corrected chi connectivity index (χ3v) is 5.24. The minimum absolute atomic E-state index is 0.0669. The van der Waals surface area contributed by atoms with Crippen LogP contribution in [0, 0.1) is 0 Å². The van der Waals surface area contributed by atoms with Crippen LogP contribution in [0.3, 0.4) is 0 Å². The summed E-state index contributed by atoms with van der Waals surface area (Å²) in [6.07, 6.45) is 1.82. The number of para-hydroxylation sites is 1. The number of amides is 2. The summed E-state index contributed by atoms with van der Waals surface area (Å²) in [4.78, 5) is 27.5. The predicted octanol–water partition coefficient (Wildman–Crippen LogP) is 4.27. The summed E-state index contributed by atoms with van der Waals surface area (Å²) >= 11 is 1.60. The number of ether oxygens (including phenoxy) is 2. The fraction of sp³-hybridized carbons (Fsp3) is 0.333. The summed E-state index contributed by atoms with van der Waals surface area (Å²) < 4.78 is 11.1. The molecule has 0 aliphatic carbocycles. The van der Waals surface area contributed by atoms with Gasteiger partial charge in [0.2, 0.25) is 11.8 Å². The number of nitrogens with zero attached hydrogens (tertiary/aromatic N) is 1. The number of likely N-dealkylation sites (N-methyl/N-ethyl adjacent to an activating group) is 1. The lowest BCUT2D eigenvalue weighted by atomic mass is 10.2. The quantitative estimate of drug-likeness (QED) is 0.345. The normalized spacial score (nSPS) is 10.5. The lowest BCUT2D eigenvalue weighted by molar-refractivity contribution is -0.119. The Morgan fingerprint density at radius 2 is 1.66 bits per heavy atom. The van der Waals surface area contributed by atoms with Gasteiger partial charge in [-0.1, -0.05) is 18.2 Å². The average Bonchev–Trinajstić information content (AvgIpc) is 2.75. The molecule has 0 unspecified atom stereocenters. The van der Waals surface area contributed by atoms with Gasteiger partial charge >= 0.3 is 0 Å². The predicted molar refractivity (Wildman–Crippen MR) is 131 cm³/mol. The summed E-state index contributed by atoms with van der Waals surface area (Å²) in [6, 6.07) is 12.9. The number of carbonyl (C=O) groups excluding carboxylic acids is 2. The zero-order valence-electron chi connectivity index (χ0n) is 18.8. The van der Waals surface area contributed by atoms with Crippen LogP contribution in [0.15, 0.2) is 60.0 Å². The van der Waals surface area contributed by atoms with Gasteiger partial charge in [-0.15, -0.1) is 18.3 Å². The van der Waals surface area contributed by atoms with Gasteiger partial charge in [0.15, 0.2) is 11.5 Å². The number of anilines is 2. The molecule has 0 saturated carbocycles. The van der Waals surface area contributed by atoms with Crippen LogP contribution in [0.25, 0.3) is 0 Å². The average molecular weight is 458 g/mol. The highest BCUT2D eigenvalue weighted by atomic mass is 32.2. The maximum absolute atomic E-state index is 12.5. The Labute approximate surface area is 194 Å². The van der Waals surface area contributed by atoms with Crippen molar-refractivity contribution in [1.29, 1.82) is 0 Å². The van der Waals surface area contributed by atoms with Crippen LogP contribution < -0.4 is 20.1 Å². The van der Waals surface area contributed by atoms with Crippen LogP contribution in [0.1, 0.15) is 13.8 Å². The molecule has 0 fully saturated rings. The van der Waals surface area contributed by atoms with Crippen LogP contribution in [0.5, 0.6) is 11.5 Å². The van der Waals surface area contributed by atoms with Crippen molar-refractivity contribution in [2.24, 2.45) is 0 Å². The van der Waals surface area contributed by atoms with E-state index in [1.54, 1.807) is 41.9 Å². The van der Waals surface area contributed by atoms with Gasteiger partial charge in [0.25, 0.3) is 0 Å². The largest absolute Gasteiger partial charge is 0.490 e. The third-order valence-electron chi connectivity index (χ3n) is 4.17. The molecule has 8 heteroatoms. The highest BCUT2D eigenvalue weighted by molar-refractivity contribution is 7.99. The molecule has 0 aliphatic heterocycles. The van der Waals surface area contributed by atoms with Crippen molar-refractivity contribution in [1.82, 2.24) is 4.90 Å². The molecular weight excluding hydrogens is 426 g/mol. The molecule has 2 rings (SSSR count). The van der Waals surface area contributed by atoms with Crippen LogP contribution >= 0.6 is 11.8 Å². The standard InChI is InChI=1S/C24H31N3O4S/c1-5-14-32-22-11-9-8-10-19(22)26-24(29)17-27(4)16-23(28)25-18-12-13-20(30-6-2)21(15-18)31-7-3/h5,8-13,15H,1,6-7,14,16-17H2,2-4H3,(H,25,28)(H,26,29). The fourth-order valence-electron chi connectivity index (χ4n) is 2.91. The van der Waals surface area contributed by atoms with E-state index in [4.69, 9.17) is 9.47 Å². The molecule has 2 aromatic carbocycles. The summed E-state index contributed by atoms with van der Waals surface area (Å²) in [7, 11) is 1.72. The van der Waals surface area contributed by atoms with Crippen molar-refractivity contribution in [2.75, 3.05) is 49.7 Å².